The average molecular weight is 161 g/mol. The molecule has 0 saturated heterocycles. The molecule has 0 spiro atoms. The average Bonchev–Trinajstić information content (AvgIpc) is 2.55. The van der Waals surface area contributed by atoms with Gasteiger partial charge in [-0.3, -0.25) is 4.98 Å². The lowest BCUT2D eigenvalue weighted by atomic mass is 9.95. The lowest BCUT2D eigenvalue weighted by Gasteiger charge is -2.19. The van der Waals surface area contributed by atoms with Crippen molar-refractivity contribution < 1.29 is 5.11 Å². The summed E-state index contributed by atoms with van der Waals surface area (Å²) in [7, 11) is 0. The highest BCUT2D eigenvalue weighted by Gasteiger charge is 2.28. The minimum Gasteiger partial charge on any atom is -0.381 e. The van der Waals surface area contributed by atoms with Gasteiger partial charge in [0, 0.05) is 18.0 Å². The fraction of sp³-hybridized carbons (Fsp3) is 0.300. The molecule has 62 valence electrons. The van der Waals surface area contributed by atoms with Gasteiger partial charge in [0.1, 0.15) is 5.60 Å². The fourth-order valence-electron chi connectivity index (χ4n) is 1.52. The van der Waals surface area contributed by atoms with Crippen LogP contribution in [0.5, 0.6) is 0 Å². The van der Waals surface area contributed by atoms with Crippen molar-refractivity contribution in [2.24, 2.45) is 0 Å². The molecule has 0 unspecified atom stereocenters. The number of hydrogen-bond acceptors (Lipinski definition) is 2. The highest BCUT2D eigenvalue weighted by atomic mass is 16.3. The lowest BCUT2D eigenvalue weighted by Crippen LogP contribution is -2.19. The Morgan fingerprint density at radius 1 is 1.50 bits per heavy atom. The third-order valence-electron chi connectivity index (χ3n) is 2.25. The maximum Gasteiger partial charge on any atom is 0.109 e. The van der Waals surface area contributed by atoms with E-state index >= 15 is 0 Å². The van der Waals surface area contributed by atoms with Crippen molar-refractivity contribution >= 4 is 0 Å². The Morgan fingerprint density at radius 2 is 2.42 bits per heavy atom. The van der Waals surface area contributed by atoms with Gasteiger partial charge in [-0.25, -0.2) is 0 Å². The van der Waals surface area contributed by atoms with Crippen molar-refractivity contribution in [3.63, 3.8) is 0 Å². The van der Waals surface area contributed by atoms with Crippen LogP contribution >= 0.6 is 0 Å². The molecule has 0 amide bonds. The van der Waals surface area contributed by atoms with Gasteiger partial charge in [0.15, 0.2) is 0 Å². The van der Waals surface area contributed by atoms with Crippen LogP contribution < -0.4 is 0 Å². The van der Waals surface area contributed by atoms with E-state index in [1.54, 1.807) is 12.4 Å². The lowest BCUT2D eigenvalue weighted by molar-refractivity contribution is 0.0891. The number of nitrogens with zero attached hydrogens (tertiary/aromatic N) is 1. The smallest absolute Gasteiger partial charge is 0.109 e. The summed E-state index contributed by atoms with van der Waals surface area (Å²) < 4.78 is 0. The Hall–Kier alpha value is -1.15. The molecule has 1 N–H and O–H groups in total. The van der Waals surface area contributed by atoms with Crippen molar-refractivity contribution in [3.05, 3.63) is 42.2 Å². The number of aromatic nitrogens is 1. The fourth-order valence-corrected chi connectivity index (χ4v) is 1.52. The number of aliphatic hydroxyl groups is 1. The van der Waals surface area contributed by atoms with E-state index in [0.717, 1.165) is 18.4 Å². The van der Waals surface area contributed by atoms with Crippen LogP contribution in [-0.4, -0.2) is 10.1 Å². The van der Waals surface area contributed by atoms with Crippen LogP contribution in [0.15, 0.2) is 36.7 Å². The molecule has 1 heterocycles. The predicted molar refractivity (Wildman–Crippen MR) is 46.5 cm³/mol. The van der Waals surface area contributed by atoms with Crippen molar-refractivity contribution in [1.82, 2.24) is 4.98 Å². The number of pyridine rings is 1. The van der Waals surface area contributed by atoms with E-state index in [1.807, 2.05) is 24.3 Å². The minimum absolute atomic E-state index is 0.756. The van der Waals surface area contributed by atoms with E-state index in [-0.39, 0.29) is 0 Å². The molecule has 1 aromatic rings. The standard InChI is InChI=1S/C10H11NO/c12-10(5-1-2-6-10)9-4-3-7-11-8-9/h1,3-5,7-8,12H,2,6H2/t10-/m0/s1. The molecule has 0 saturated carbocycles. The Kier molecular flexibility index (Phi) is 1.70. The number of rotatable bonds is 1. The second-order valence-electron chi connectivity index (χ2n) is 3.11. The van der Waals surface area contributed by atoms with E-state index in [0.29, 0.717) is 0 Å². The molecule has 0 fully saturated rings. The maximum atomic E-state index is 10.0. The molecule has 2 heteroatoms. The van der Waals surface area contributed by atoms with Crippen LogP contribution in [0.25, 0.3) is 0 Å². The van der Waals surface area contributed by atoms with E-state index in [9.17, 15) is 5.11 Å². The van der Waals surface area contributed by atoms with Gasteiger partial charge < -0.3 is 5.11 Å². The molecule has 1 aromatic heterocycles. The van der Waals surface area contributed by atoms with Gasteiger partial charge in [0.2, 0.25) is 0 Å². The zero-order chi connectivity index (χ0) is 8.44. The van der Waals surface area contributed by atoms with Gasteiger partial charge in [0.25, 0.3) is 0 Å². The van der Waals surface area contributed by atoms with Gasteiger partial charge in [-0.15, -0.1) is 0 Å². The van der Waals surface area contributed by atoms with E-state index in [2.05, 4.69) is 4.98 Å². The Bertz CT molecular complexity index is 294. The molecule has 2 rings (SSSR count). The molecule has 0 aliphatic heterocycles. The van der Waals surface area contributed by atoms with Crippen LogP contribution in [0.3, 0.4) is 0 Å². The Balaban J connectivity index is 2.36. The minimum atomic E-state index is -0.756. The largest absolute Gasteiger partial charge is 0.381 e. The quantitative estimate of drug-likeness (QED) is 0.635. The van der Waals surface area contributed by atoms with Crippen LogP contribution in [-0.2, 0) is 5.60 Å². The van der Waals surface area contributed by atoms with Crippen molar-refractivity contribution in [2.45, 2.75) is 18.4 Å². The summed E-state index contributed by atoms with van der Waals surface area (Å²) >= 11 is 0. The molecule has 2 nitrogen and oxygen atoms in total. The Morgan fingerprint density at radius 3 is 3.00 bits per heavy atom. The zero-order valence-electron chi connectivity index (χ0n) is 6.77. The normalized spacial score (nSPS) is 27.8. The summed E-state index contributed by atoms with van der Waals surface area (Å²) in [5.41, 5.74) is 0.132. The second kappa shape index (κ2) is 2.72. The third kappa shape index (κ3) is 1.14. The number of hydrogen-bond donors (Lipinski definition) is 1. The topological polar surface area (TPSA) is 33.1 Å². The van der Waals surface area contributed by atoms with Gasteiger partial charge >= 0.3 is 0 Å². The summed E-state index contributed by atoms with van der Waals surface area (Å²) in [6.07, 6.45) is 9.02. The van der Waals surface area contributed by atoms with E-state index in [1.165, 1.54) is 0 Å². The summed E-state index contributed by atoms with van der Waals surface area (Å²) in [5, 5.41) is 10.0. The maximum absolute atomic E-state index is 10.0. The highest BCUT2D eigenvalue weighted by Crippen LogP contribution is 2.32. The van der Waals surface area contributed by atoms with Gasteiger partial charge in [-0.1, -0.05) is 18.2 Å². The SMILES string of the molecule is O[C@@]1(c2cccnc2)C=CCC1. The molecule has 1 aliphatic rings. The van der Waals surface area contributed by atoms with Gasteiger partial charge in [-0.2, -0.15) is 0 Å². The first-order valence-electron chi connectivity index (χ1n) is 4.12. The van der Waals surface area contributed by atoms with Crippen LogP contribution in [0.2, 0.25) is 0 Å². The van der Waals surface area contributed by atoms with Crippen molar-refractivity contribution in [3.8, 4) is 0 Å². The predicted octanol–water partition coefficient (Wildman–Crippen LogP) is 1.62. The summed E-state index contributed by atoms with van der Waals surface area (Å²) in [6.45, 7) is 0. The van der Waals surface area contributed by atoms with Crippen molar-refractivity contribution in [1.29, 1.82) is 0 Å². The molecule has 0 radical (unpaired) electrons. The summed E-state index contributed by atoms with van der Waals surface area (Å²) in [6, 6.07) is 3.75. The molecule has 1 aliphatic carbocycles. The molecule has 0 bridgehead atoms. The Labute approximate surface area is 71.6 Å². The molecular formula is C10H11NO. The molecule has 1 atom stereocenters. The van der Waals surface area contributed by atoms with E-state index in [4.69, 9.17) is 0 Å². The molecular weight excluding hydrogens is 150 g/mol. The summed E-state index contributed by atoms with van der Waals surface area (Å²) in [5.74, 6) is 0. The first-order chi connectivity index (χ1) is 5.81. The van der Waals surface area contributed by atoms with Crippen LogP contribution in [0.4, 0.5) is 0 Å². The molecule has 12 heavy (non-hydrogen) atoms. The second-order valence-corrected chi connectivity index (χ2v) is 3.11. The highest BCUT2D eigenvalue weighted by molar-refractivity contribution is 5.26. The molecule has 0 aromatic carbocycles. The third-order valence-corrected chi connectivity index (χ3v) is 2.25. The van der Waals surface area contributed by atoms with Crippen LogP contribution in [0, 0.1) is 0 Å². The number of allylic oxidation sites excluding steroid dienone is 1. The van der Waals surface area contributed by atoms with Crippen molar-refractivity contribution in [2.75, 3.05) is 0 Å². The first kappa shape index (κ1) is 7.50. The first-order valence-corrected chi connectivity index (χ1v) is 4.12. The summed E-state index contributed by atoms with van der Waals surface area (Å²) in [4.78, 5) is 3.98. The van der Waals surface area contributed by atoms with E-state index < -0.39 is 5.60 Å². The van der Waals surface area contributed by atoms with Gasteiger partial charge in [0.05, 0.1) is 0 Å². The zero-order valence-corrected chi connectivity index (χ0v) is 6.77. The monoisotopic (exact) mass is 161 g/mol. The van der Waals surface area contributed by atoms with Gasteiger partial charge in [-0.05, 0) is 18.9 Å². The van der Waals surface area contributed by atoms with Crippen LogP contribution in [0.1, 0.15) is 18.4 Å².